The lowest BCUT2D eigenvalue weighted by Gasteiger charge is -2.28. The molecule has 1 aromatic heterocycles. The maximum Gasteiger partial charge on any atom is 0.411 e. The number of amides is 4. The van der Waals surface area contributed by atoms with E-state index in [1.165, 1.54) is 19.3 Å². The van der Waals surface area contributed by atoms with Gasteiger partial charge < -0.3 is 35.1 Å². The van der Waals surface area contributed by atoms with Gasteiger partial charge in [-0.3, -0.25) is 20.2 Å². The number of rotatable bonds is 15. The van der Waals surface area contributed by atoms with Crippen LogP contribution in [0.3, 0.4) is 0 Å². The van der Waals surface area contributed by atoms with Gasteiger partial charge in [0, 0.05) is 42.7 Å². The number of nitrogens with one attached hydrogen (secondary N) is 5. The number of nitrogens with zero attached hydrogens (tertiary/aromatic N) is 3. The molecule has 3 rings (SSSR count). The molecule has 0 aliphatic heterocycles. The summed E-state index contributed by atoms with van der Waals surface area (Å²) in [6.07, 6.45) is 1.54. The minimum Gasteiger partial charge on any atom is -0.504 e. The lowest BCUT2D eigenvalue weighted by atomic mass is 9.80. The summed E-state index contributed by atoms with van der Waals surface area (Å²) in [7, 11) is 1.17. The summed E-state index contributed by atoms with van der Waals surface area (Å²) >= 11 is 0. The van der Waals surface area contributed by atoms with Crippen molar-refractivity contribution in [2.75, 3.05) is 50.1 Å². The quantitative estimate of drug-likeness (QED) is 0.136. The van der Waals surface area contributed by atoms with Gasteiger partial charge in [-0.25, -0.2) is 19.4 Å². The Kier molecular flexibility index (Phi) is 14.5. The number of aromatic amines is 1. The third kappa shape index (κ3) is 12.3. The number of urea groups is 1. The van der Waals surface area contributed by atoms with Crippen LogP contribution in [-0.2, 0) is 14.3 Å². The summed E-state index contributed by atoms with van der Waals surface area (Å²) in [5.41, 5.74) is 2.82. The number of hydrogen-bond donors (Lipinski definition) is 6. The van der Waals surface area contributed by atoms with E-state index in [9.17, 15) is 29.1 Å². The number of aliphatic hydroxyl groups excluding tert-OH is 1. The number of aryl methyl sites for hydroxylation is 2. The molecule has 1 heterocycles. The first kappa shape index (κ1) is 40.8. The number of Topliss-reactive ketones (excluding diaryl/α,β-unsaturated/α-hetero) is 1. The number of methoxy groups -OCH3 is 1. The Bertz CT molecular complexity index is 1800. The van der Waals surface area contributed by atoms with E-state index in [2.05, 4.69) is 59.7 Å². The first-order chi connectivity index (χ1) is 24.5. The van der Waals surface area contributed by atoms with Gasteiger partial charge >= 0.3 is 18.2 Å². The molecule has 52 heavy (non-hydrogen) atoms. The second-order valence-electron chi connectivity index (χ2n) is 13.4. The van der Waals surface area contributed by atoms with Crippen LogP contribution in [0, 0.1) is 25.2 Å². The summed E-state index contributed by atoms with van der Waals surface area (Å²) < 4.78 is 10.0. The number of likely N-dealkylation sites (N-methyl/N-ethyl adjacent to an activating group) is 1. The zero-order valence-corrected chi connectivity index (χ0v) is 31.1. The van der Waals surface area contributed by atoms with Crippen molar-refractivity contribution in [2.24, 2.45) is 16.3 Å². The predicted octanol–water partition coefficient (Wildman–Crippen LogP) is 4.93. The monoisotopic (exact) mass is 722 g/mol. The molecule has 0 radical (unpaired) electrons. The number of ether oxygens (including phenoxy) is 2. The van der Waals surface area contributed by atoms with E-state index in [1.54, 1.807) is 13.8 Å². The highest BCUT2D eigenvalue weighted by molar-refractivity contribution is 6.24. The van der Waals surface area contributed by atoms with Crippen LogP contribution >= 0.6 is 0 Å². The first-order valence-electron chi connectivity index (χ1n) is 17.0. The van der Waals surface area contributed by atoms with Crippen LogP contribution in [0.25, 0.3) is 0 Å². The number of hydrogen-bond acceptors (Lipinski definition) is 11. The largest absolute Gasteiger partial charge is 0.504 e. The fraction of sp³-hybridized carbons (Fsp3) is 0.472. The van der Waals surface area contributed by atoms with Gasteiger partial charge in [0.1, 0.15) is 6.61 Å². The Balaban J connectivity index is 1.44. The van der Waals surface area contributed by atoms with Gasteiger partial charge in [-0.1, -0.05) is 20.8 Å². The summed E-state index contributed by atoms with van der Waals surface area (Å²) in [6.45, 7) is 15.5. The molecule has 1 aromatic carbocycles. The summed E-state index contributed by atoms with van der Waals surface area (Å²) in [6, 6.07) is 6.52. The third-order valence-electron chi connectivity index (χ3n) is 8.36. The van der Waals surface area contributed by atoms with Crippen molar-refractivity contribution in [3.63, 3.8) is 0 Å². The molecule has 2 aromatic rings. The van der Waals surface area contributed by atoms with E-state index in [4.69, 9.17) is 4.74 Å². The third-order valence-corrected chi connectivity index (χ3v) is 8.36. The number of anilines is 2. The fourth-order valence-corrected chi connectivity index (χ4v) is 5.64. The number of aliphatic imine (C=N–C) groups is 1. The van der Waals surface area contributed by atoms with Crippen LogP contribution in [0.1, 0.15) is 58.7 Å². The van der Waals surface area contributed by atoms with Crippen molar-refractivity contribution in [2.45, 2.75) is 61.3 Å². The number of alkyl carbamates (subject to hydrolysis) is 2. The van der Waals surface area contributed by atoms with E-state index in [0.717, 1.165) is 17.7 Å². The van der Waals surface area contributed by atoms with E-state index in [0.29, 0.717) is 49.7 Å². The van der Waals surface area contributed by atoms with Crippen LogP contribution < -0.4 is 31.7 Å². The molecule has 282 valence electrons. The number of allylic oxidation sites excluding steroid dienone is 2. The summed E-state index contributed by atoms with van der Waals surface area (Å²) in [5.74, 6) is -1.01. The van der Waals surface area contributed by atoms with Crippen molar-refractivity contribution in [3.8, 4) is 0 Å². The van der Waals surface area contributed by atoms with E-state index in [1.807, 2.05) is 39.0 Å². The molecular weight excluding hydrogens is 672 g/mol. The number of H-pyrrole nitrogens is 1. The van der Waals surface area contributed by atoms with Crippen molar-refractivity contribution in [1.29, 1.82) is 0 Å². The highest BCUT2D eigenvalue weighted by atomic mass is 16.5. The average Bonchev–Trinajstić information content (AvgIpc) is 3.06. The Labute approximate surface area is 303 Å². The van der Waals surface area contributed by atoms with Gasteiger partial charge in [-0.05, 0) is 81.7 Å². The Morgan fingerprint density at radius 2 is 1.81 bits per heavy atom. The van der Waals surface area contributed by atoms with E-state index < -0.39 is 35.3 Å². The molecule has 0 saturated carbocycles. The molecule has 0 fully saturated rings. The Morgan fingerprint density at radius 1 is 1.08 bits per heavy atom. The molecule has 1 atom stereocenters. The van der Waals surface area contributed by atoms with Crippen molar-refractivity contribution < 1.29 is 33.8 Å². The van der Waals surface area contributed by atoms with E-state index >= 15 is 0 Å². The molecule has 1 unspecified atom stereocenters. The Hall–Kier alpha value is -5.67. The smallest absolute Gasteiger partial charge is 0.411 e. The van der Waals surface area contributed by atoms with Gasteiger partial charge in [0.05, 0.1) is 30.8 Å². The second-order valence-corrected chi connectivity index (χ2v) is 13.4. The van der Waals surface area contributed by atoms with E-state index in [-0.39, 0.29) is 35.2 Å². The average molecular weight is 723 g/mol. The standard InChI is InChI=1S/C36H50N8O8/c1-9-44(25-10-11-26(22(3)16-25)40-27-18-28(41-35(50)51-8)31(47)30(46)24(27)5)14-15-52-34(49)37-13-12-36(6,7)19-21(2)20-38-33(48)43-32-39-23(4)17-29(45)42-32/h10-11,16-18,21,46H,9,12-15,19-20H2,1-8H3,(H,37,49)(H,41,50)(H3,38,39,42,43,45,48)/b40-27+. The number of ketones is 1. The lowest BCUT2D eigenvalue weighted by Crippen LogP contribution is -2.35. The van der Waals surface area contributed by atoms with Gasteiger partial charge in [0.2, 0.25) is 11.7 Å². The van der Waals surface area contributed by atoms with Crippen molar-refractivity contribution >= 4 is 47.0 Å². The SMILES string of the molecule is CCN(CCOC(=O)NCCC(C)(C)CC(C)CNC(=O)Nc1nc(=O)cc(C)[nH]1)c1ccc(/N=C2\C=C(NC(=O)OC)C(=O)C(O)=C2C)c(C)c1. The minimum atomic E-state index is -0.841. The predicted molar refractivity (Wildman–Crippen MR) is 198 cm³/mol. The van der Waals surface area contributed by atoms with Crippen LogP contribution in [0.4, 0.5) is 31.7 Å². The molecular formula is C36H50N8O8. The van der Waals surface area contributed by atoms with Gasteiger partial charge in [-0.2, -0.15) is 4.98 Å². The summed E-state index contributed by atoms with van der Waals surface area (Å²) in [5, 5.41) is 20.8. The fourth-order valence-electron chi connectivity index (χ4n) is 5.64. The molecule has 16 heteroatoms. The minimum absolute atomic E-state index is 0.0869. The normalized spacial score (nSPS) is 14.3. The van der Waals surface area contributed by atoms with Crippen molar-refractivity contribution in [3.05, 3.63) is 69.0 Å². The van der Waals surface area contributed by atoms with Gasteiger partial charge in [-0.15, -0.1) is 0 Å². The number of aliphatic hydroxyl groups is 1. The zero-order chi connectivity index (χ0) is 38.6. The maximum absolute atomic E-state index is 12.5. The summed E-state index contributed by atoms with van der Waals surface area (Å²) in [4.78, 5) is 73.5. The number of aromatic nitrogens is 2. The van der Waals surface area contributed by atoms with Crippen molar-refractivity contribution in [1.82, 2.24) is 25.9 Å². The van der Waals surface area contributed by atoms with Gasteiger partial charge in [0.25, 0.3) is 5.56 Å². The highest BCUT2D eigenvalue weighted by Gasteiger charge is 2.27. The molecule has 0 saturated heterocycles. The molecule has 1 aliphatic rings. The maximum atomic E-state index is 12.5. The lowest BCUT2D eigenvalue weighted by molar-refractivity contribution is -0.115. The second kappa shape index (κ2) is 18.5. The molecule has 1 aliphatic carbocycles. The van der Waals surface area contributed by atoms with Crippen LogP contribution in [0.2, 0.25) is 0 Å². The van der Waals surface area contributed by atoms with Crippen LogP contribution in [0.5, 0.6) is 0 Å². The molecule has 0 spiro atoms. The molecule has 6 N–H and O–H groups in total. The molecule has 0 bridgehead atoms. The topological polar surface area (TPSA) is 216 Å². The molecule has 16 nitrogen and oxygen atoms in total. The van der Waals surface area contributed by atoms with Crippen LogP contribution in [-0.4, -0.2) is 84.7 Å². The number of carbonyl (C=O) groups excluding carboxylic acids is 4. The highest BCUT2D eigenvalue weighted by Crippen LogP contribution is 2.29. The van der Waals surface area contributed by atoms with Gasteiger partial charge in [0.15, 0.2) is 5.76 Å². The number of benzene rings is 1. The Morgan fingerprint density at radius 3 is 2.46 bits per heavy atom. The van der Waals surface area contributed by atoms with Crippen LogP contribution in [0.15, 0.2) is 57.2 Å². The zero-order valence-electron chi connectivity index (χ0n) is 31.1. The number of carbonyl (C=O) groups is 4. The molecule has 4 amide bonds. The first-order valence-corrected chi connectivity index (χ1v) is 17.0.